The maximum absolute atomic E-state index is 13.0. The number of aryl methyl sites for hydroxylation is 1. The van der Waals surface area contributed by atoms with E-state index in [1.54, 1.807) is 25.1 Å². The first kappa shape index (κ1) is 13.5. The molecule has 3 nitrogen and oxygen atoms in total. The van der Waals surface area contributed by atoms with Gasteiger partial charge in [-0.1, -0.05) is 15.9 Å². The summed E-state index contributed by atoms with van der Waals surface area (Å²) >= 11 is 3.30. The van der Waals surface area contributed by atoms with Crippen LogP contribution in [0.1, 0.15) is 15.9 Å². The van der Waals surface area contributed by atoms with Gasteiger partial charge in [-0.2, -0.15) is 0 Å². The van der Waals surface area contributed by atoms with Gasteiger partial charge >= 0.3 is 5.97 Å². The maximum atomic E-state index is 13.0. The van der Waals surface area contributed by atoms with Crippen molar-refractivity contribution in [2.24, 2.45) is 0 Å². The molecule has 98 valence electrons. The van der Waals surface area contributed by atoms with Crippen LogP contribution in [-0.4, -0.2) is 11.1 Å². The molecule has 0 radical (unpaired) electrons. The highest BCUT2D eigenvalue weighted by Gasteiger charge is 2.11. The SMILES string of the molecule is Cc1cc(F)ccc1Nc1cc(Br)ccc1C(=O)O. The first-order valence-corrected chi connectivity index (χ1v) is 6.32. The molecular weight excluding hydrogens is 313 g/mol. The number of benzene rings is 2. The molecule has 0 bridgehead atoms. The van der Waals surface area contributed by atoms with Gasteiger partial charge in [0.15, 0.2) is 0 Å². The van der Waals surface area contributed by atoms with Crippen LogP contribution in [0.4, 0.5) is 15.8 Å². The lowest BCUT2D eigenvalue weighted by Gasteiger charge is -2.12. The highest BCUT2D eigenvalue weighted by atomic mass is 79.9. The van der Waals surface area contributed by atoms with E-state index in [0.29, 0.717) is 16.9 Å². The summed E-state index contributed by atoms with van der Waals surface area (Å²) in [5, 5.41) is 12.1. The van der Waals surface area contributed by atoms with Crippen LogP contribution in [0.2, 0.25) is 0 Å². The van der Waals surface area contributed by atoms with Crippen LogP contribution >= 0.6 is 15.9 Å². The van der Waals surface area contributed by atoms with Crippen molar-refractivity contribution >= 4 is 33.3 Å². The van der Waals surface area contributed by atoms with Crippen LogP contribution in [0.3, 0.4) is 0 Å². The molecule has 0 atom stereocenters. The summed E-state index contributed by atoms with van der Waals surface area (Å²) in [7, 11) is 0. The summed E-state index contributed by atoms with van der Waals surface area (Å²) in [6.07, 6.45) is 0. The molecule has 2 aromatic carbocycles. The third-order valence-corrected chi connectivity index (χ3v) is 3.16. The lowest BCUT2D eigenvalue weighted by molar-refractivity contribution is 0.0698. The zero-order chi connectivity index (χ0) is 14.0. The van der Waals surface area contributed by atoms with Gasteiger partial charge in [-0.3, -0.25) is 0 Å². The number of hydrogen-bond acceptors (Lipinski definition) is 2. The molecule has 19 heavy (non-hydrogen) atoms. The van der Waals surface area contributed by atoms with Crippen molar-refractivity contribution in [3.8, 4) is 0 Å². The minimum atomic E-state index is -1.02. The number of carboxylic acids is 1. The predicted octanol–water partition coefficient (Wildman–Crippen LogP) is 4.34. The number of nitrogens with one attached hydrogen (secondary N) is 1. The van der Waals surface area contributed by atoms with Crippen molar-refractivity contribution in [2.45, 2.75) is 6.92 Å². The second-order valence-corrected chi connectivity index (χ2v) is 4.99. The van der Waals surface area contributed by atoms with Gasteiger partial charge in [-0.25, -0.2) is 9.18 Å². The van der Waals surface area contributed by atoms with E-state index in [-0.39, 0.29) is 11.4 Å². The van der Waals surface area contributed by atoms with Crippen molar-refractivity contribution in [3.05, 3.63) is 57.8 Å². The number of halogens is 2. The number of hydrogen-bond donors (Lipinski definition) is 2. The molecule has 0 amide bonds. The molecule has 2 rings (SSSR count). The molecule has 0 aromatic heterocycles. The van der Waals surface area contributed by atoms with Gasteiger partial charge < -0.3 is 10.4 Å². The van der Waals surface area contributed by atoms with Crippen molar-refractivity contribution < 1.29 is 14.3 Å². The number of aromatic carboxylic acids is 1. The predicted molar refractivity (Wildman–Crippen MR) is 75.5 cm³/mol. The van der Waals surface area contributed by atoms with Crippen LogP contribution in [0.5, 0.6) is 0 Å². The molecule has 5 heteroatoms. The fourth-order valence-corrected chi connectivity index (χ4v) is 2.08. The Morgan fingerprint density at radius 1 is 1.21 bits per heavy atom. The molecule has 0 saturated heterocycles. The normalized spacial score (nSPS) is 10.3. The Morgan fingerprint density at radius 3 is 2.58 bits per heavy atom. The summed E-state index contributed by atoms with van der Waals surface area (Å²) in [6, 6.07) is 9.14. The van der Waals surface area contributed by atoms with E-state index >= 15 is 0 Å². The minimum absolute atomic E-state index is 0.159. The van der Waals surface area contributed by atoms with E-state index in [1.165, 1.54) is 18.2 Å². The molecular formula is C14H11BrFNO2. The Bertz CT molecular complexity index is 643. The Morgan fingerprint density at radius 2 is 1.95 bits per heavy atom. The van der Waals surface area contributed by atoms with Gasteiger partial charge in [0.2, 0.25) is 0 Å². The summed E-state index contributed by atoms with van der Waals surface area (Å²) in [4.78, 5) is 11.1. The molecule has 2 aromatic rings. The monoisotopic (exact) mass is 323 g/mol. The van der Waals surface area contributed by atoms with E-state index in [9.17, 15) is 9.18 Å². The third kappa shape index (κ3) is 3.12. The Kier molecular flexibility index (Phi) is 3.85. The smallest absolute Gasteiger partial charge is 0.337 e. The van der Waals surface area contributed by atoms with Crippen LogP contribution in [0.25, 0.3) is 0 Å². The summed E-state index contributed by atoms with van der Waals surface area (Å²) in [5.74, 6) is -1.34. The average Bonchev–Trinajstić information content (AvgIpc) is 2.32. The van der Waals surface area contributed by atoms with Crippen molar-refractivity contribution in [1.82, 2.24) is 0 Å². The molecule has 0 aliphatic carbocycles. The van der Waals surface area contributed by atoms with Crippen LogP contribution in [0.15, 0.2) is 40.9 Å². The number of carboxylic acid groups (broad SMARTS) is 1. The third-order valence-electron chi connectivity index (χ3n) is 2.67. The second kappa shape index (κ2) is 5.40. The van der Waals surface area contributed by atoms with Gasteiger partial charge in [-0.05, 0) is 48.9 Å². The standard InChI is InChI=1S/C14H11BrFNO2/c1-8-6-10(16)3-5-12(8)17-13-7-9(15)2-4-11(13)14(18)19/h2-7,17H,1H3,(H,18,19). The molecule has 0 fully saturated rings. The van der Waals surface area contributed by atoms with Gasteiger partial charge in [-0.15, -0.1) is 0 Å². The van der Waals surface area contributed by atoms with Gasteiger partial charge in [0.05, 0.1) is 11.3 Å². The van der Waals surface area contributed by atoms with E-state index in [0.717, 1.165) is 4.47 Å². The molecule has 0 heterocycles. The van der Waals surface area contributed by atoms with Gasteiger partial charge in [0.25, 0.3) is 0 Å². The molecule has 0 aliphatic heterocycles. The summed E-state index contributed by atoms with van der Waals surface area (Å²) in [6.45, 7) is 1.75. The largest absolute Gasteiger partial charge is 0.478 e. The highest BCUT2D eigenvalue weighted by molar-refractivity contribution is 9.10. The lowest BCUT2D eigenvalue weighted by Crippen LogP contribution is -2.03. The first-order chi connectivity index (χ1) is 8.97. The Balaban J connectivity index is 2.42. The average molecular weight is 324 g/mol. The molecule has 0 saturated carbocycles. The second-order valence-electron chi connectivity index (χ2n) is 4.08. The van der Waals surface area contributed by atoms with Crippen molar-refractivity contribution in [2.75, 3.05) is 5.32 Å². The maximum Gasteiger partial charge on any atom is 0.337 e. The fourth-order valence-electron chi connectivity index (χ4n) is 1.72. The van der Waals surface area contributed by atoms with E-state index in [1.807, 2.05) is 0 Å². The fraction of sp³-hybridized carbons (Fsp3) is 0.0714. The topological polar surface area (TPSA) is 49.3 Å². The zero-order valence-electron chi connectivity index (χ0n) is 10.1. The van der Waals surface area contributed by atoms with Gasteiger partial charge in [0.1, 0.15) is 5.82 Å². The lowest BCUT2D eigenvalue weighted by atomic mass is 10.1. The van der Waals surface area contributed by atoms with E-state index < -0.39 is 5.97 Å². The summed E-state index contributed by atoms with van der Waals surface area (Å²) < 4.78 is 13.8. The zero-order valence-corrected chi connectivity index (χ0v) is 11.7. The molecule has 0 spiro atoms. The molecule has 0 unspecified atom stereocenters. The van der Waals surface area contributed by atoms with Crippen molar-refractivity contribution in [1.29, 1.82) is 0 Å². The van der Waals surface area contributed by atoms with Crippen LogP contribution in [-0.2, 0) is 0 Å². The Labute approximate surface area is 118 Å². The molecule has 2 N–H and O–H groups in total. The van der Waals surface area contributed by atoms with E-state index in [4.69, 9.17) is 5.11 Å². The number of rotatable bonds is 3. The quantitative estimate of drug-likeness (QED) is 0.883. The van der Waals surface area contributed by atoms with Crippen molar-refractivity contribution in [3.63, 3.8) is 0 Å². The van der Waals surface area contributed by atoms with Gasteiger partial charge in [0, 0.05) is 10.2 Å². The first-order valence-electron chi connectivity index (χ1n) is 5.53. The molecule has 0 aliphatic rings. The van der Waals surface area contributed by atoms with Crippen LogP contribution in [0, 0.1) is 12.7 Å². The van der Waals surface area contributed by atoms with E-state index in [2.05, 4.69) is 21.2 Å². The summed E-state index contributed by atoms with van der Waals surface area (Å²) in [5.41, 5.74) is 1.99. The number of carbonyl (C=O) groups is 1. The number of anilines is 2. The van der Waals surface area contributed by atoms with Crippen LogP contribution < -0.4 is 5.32 Å². The minimum Gasteiger partial charge on any atom is -0.478 e. The highest BCUT2D eigenvalue weighted by Crippen LogP contribution is 2.27. The Hall–Kier alpha value is -1.88.